The maximum absolute atomic E-state index is 12.8. The van der Waals surface area contributed by atoms with Crippen molar-refractivity contribution >= 4 is 50.0 Å². The summed E-state index contributed by atoms with van der Waals surface area (Å²) in [7, 11) is -1.54. The number of rotatable bonds is 9. The van der Waals surface area contributed by atoms with Gasteiger partial charge in [0.15, 0.2) is 0 Å². The van der Waals surface area contributed by atoms with Crippen LogP contribution in [0.25, 0.3) is 10.9 Å². The molecule has 2 N–H and O–H groups in total. The Labute approximate surface area is 195 Å². The fourth-order valence-electron chi connectivity index (χ4n) is 3.07. The van der Waals surface area contributed by atoms with Crippen molar-refractivity contribution in [1.29, 1.82) is 0 Å². The van der Waals surface area contributed by atoms with Crippen LogP contribution in [0.5, 0.6) is 0 Å². The van der Waals surface area contributed by atoms with Gasteiger partial charge >= 0.3 is 11.9 Å². The van der Waals surface area contributed by atoms with Gasteiger partial charge in [-0.2, -0.15) is 0 Å². The van der Waals surface area contributed by atoms with Crippen molar-refractivity contribution in [2.45, 2.75) is 31.3 Å². The van der Waals surface area contributed by atoms with Gasteiger partial charge in [-0.1, -0.05) is 26.0 Å². The number of thiophene rings is 1. The van der Waals surface area contributed by atoms with Gasteiger partial charge < -0.3 is 14.8 Å². The zero-order valence-corrected chi connectivity index (χ0v) is 20.1. The second-order valence-corrected chi connectivity index (χ2v) is 9.98. The first-order chi connectivity index (χ1) is 15.7. The Morgan fingerprint density at radius 2 is 1.82 bits per heavy atom. The molecule has 1 atom stereocenters. The molecule has 0 radical (unpaired) electrons. The van der Waals surface area contributed by atoms with E-state index in [0.717, 1.165) is 11.3 Å². The van der Waals surface area contributed by atoms with Crippen molar-refractivity contribution in [3.63, 3.8) is 0 Å². The highest BCUT2D eigenvalue weighted by molar-refractivity contribution is 7.89. The molecule has 0 unspecified atom stereocenters. The van der Waals surface area contributed by atoms with E-state index in [-0.39, 0.29) is 28.1 Å². The average Bonchev–Trinajstić information content (AvgIpc) is 3.31. The minimum Gasteiger partial charge on any atom is -0.467 e. The lowest BCUT2D eigenvalue weighted by Crippen LogP contribution is -2.36. The molecular weight excluding hydrogens is 468 g/mol. The molecule has 1 aromatic carbocycles. The molecular formula is C21H24N4O6S2. The number of aromatic nitrogens is 2. The third kappa shape index (κ3) is 5.46. The molecule has 0 amide bonds. The summed E-state index contributed by atoms with van der Waals surface area (Å²) >= 11 is 0.971. The van der Waals surface area contributed by atoms with Crippen LogP contribution in [0.15, 0.2) is 40.6 Å². The van der Waals surface area contributed by atoms with Crippen molar-refractivity contribution in [2.24, 2.45) is 5.92 Å². The molecule has 0 aliphatic rings. The number of fused-ring (bicyclic) bond motifs is 1. The number of carbonyl (C=O) groups is 2. The quantitative estimate of drug-likeness (QED) is 0.432. The summed E-state index contributed by atoms with van der Waals surface area (Å²) in [6.07, 6.45) is 0. The predicted octanol–water partition coefficient (Wildman–Crippen LogP) is 2.57. The highest BCUT2D eigenvalue weighted by Crippen LogP contribution is 2.24. The van der Waals surface area contributed by atoms with Gasteiger partial charge in [0.05, 0.1) is 26.3 Å². The van der Waals surface area contributed by atoms with Gasteiger partial charge in [0, 0.05) is 5.39 Å². The van der Waals surface area contributed by atoms with Crippen molar-refractivity contribution in [1.82, 2.24) is 14.7 Å². The van der Waals surface area contributed by atoms with Crippen LogP contribution in [0, 0.1) is 5.92 Å². The van der Waals surface area contributed by atoms with Crippen molar-refractivity contribution in [2.75, 3.05) is 19.5 Å². The maximum atomic E-state index is 12.8. The van der Waals surface area contributed by atoms with Gasteiger partial charge in [-0.05, 0) is 29.5 Å². The molecule has 33 heavy (non-hydrogen) atoms. The van der Waals surface area contributed by atoms with Crippen LogP contribution >= 0.6 is 11.3 Å². The standard InChI is InChI=1S/C21H24N4O6S2/c1-12(2)17(20(26)30-3)25-19-13-7-5-6-8-14(13)23-16(24-19)11-22-33(28,29)15-9-10-32-18(15)21(27)31-4/h5-10,12,17,22H,11H2,1-4H3,(H,23,24,25)/t17-/m0/s1. The summed E-state index contributed by atoms with van der Waals surface area (Å²) < 4.78 is 37.6. The minimum absolute atomic E-state index is 0.0235. The van der Waals surface area contributed by atoms with Gasteiger partial charge in [0.25, 0.3) is 0 Å². The number of carbonyl (C=O) groups excluding carboxylic acids is 2. The molecule has 176 valence electrons. The van der Waals surface area contributed by atoms with E-state index in [1.165, 1.54) is 25.7 Å². The van der Waals surface area contributed by atoms with E-state index >= 15 is 0 Å². The van der Waals surface area contributed by atoms with Crippen LogP contribution in [-0.2, 0) is 30.8 Å². The van der Waals surface area contributed by atoms with Gasteiger partial charge in [0.2, 0.25) is 10.0 Å². The Balaban J connectivity index is 1.92. The molecule has 0 aliphatic heterocycles. The van der Waals surface area contributed by atoms with Crippen LogP contribution < -0.4 is 10.0 Å². The Kier molecular flexibility index (Phi) is 7.61. The smallest absolute Gasteiger partial charge is 0.349 e. The molecule has 3 aromatic rings. The molecule has 0 bridgehead atoms. The molecule has 3 rings (SSSR count). The maximum Gasteiger partial charge on any atom is 0.349 e. The highest BCUT2D eigenvalue weighted by Gasteiger charge is 2.26. The molecule has 12 heteroatoms. The Morgan fingerprint density at radius 3 is 2.48 bits per heavy atom. The van der Waals surface area contributed by atoms with E-state index in [9.17, 15) is 18.0 Å². The molecule has 2 heterocycles. The van der Waals surface area contributed by atoms with E-state index in [0.29, 0.717) is 16.7 Å². The number of benzene rings is 1. The summed E-state index contributed by atoms with van der Waals surface area (Å²) in [6, 6.07) is 7.84. The lowest BCUT2D eigenvalue weighted by molar-refractivity contribution is -0.142. The number of nitrogens with zero attached hydrogens (tertiary/aromatic N) is 2. The first kappa shape index (κ1) is 24.6. The number of anilines is 1. The number of esters is 2. The largest absolute Gasteiger partial charge is 0.467 e. The van der Waals surface area contributed by atoms with E-state index < -0.39 is 28.0 Å². The topological polar surface area (TPSA) is 137 Å². The fraction of sp³-hybridized carbons (Fsp3) is 0.333. The summed E-state index contributed by atoms with van der Waals surface area (Å²) in [4.78, 5) is 32.8. The Bertz CT molecular complexity index is 1270. The van der Waals surface area contributed by atoms with Gasteiger partial charge in [0.1, 0.15) is 27.5 Å². The third-order valence-electron chi connectivity index (χ3n) is 4.77. The molecule has 10 nitrogen and oxygen atoms in total. The van der Waals surface area contributed by atoms with Crippen molar-refractivity contribution in [3.05, 3.63) is 46.4 Å². The van der Waals surface area contributed by atoms with Crippen LogP contribution in [0.3, 0.4) is 0 Å². The van der Waals surface area contributed by atoms with Gasteiger partial charge in [-0.25, -0.2) is 32.7 Å². The number of hydrogen-bond donors (Lipinski definition) is 2. The van der Waals surface area contributed by atoms with E-state index in [2.05, 4.69) is 24.7 Å². The predicted molar refractivity (Wildman–Crippen MR) is 123 cm³/mol. The SMILES string of the molecule is COC(=O)c1sccc1S(=O)(=O)NCc1nc(N[C@H](C(=O)OC)C(C)C)c2ccccc2n1. The van der Waals surface area contributed by atoms with E-state index in [4.69, 9.17) is 4.74 Å². The number of ether oxygens (including phenoxy) is 2. The van der Waals surface area contributed by atoms with Crippen molar-refractivity contribution < 1.29 is 27.5 Å². The summed E-state index contributed by atoms with van der Waals surface area (Å²) in [5.41, 5.74) is 0.572. The lowest BCUT2D eigenvalue weighted by atomic mass is 10.0. The number of sulfonamides is 1. The van der Waals surface area contributed by atoms with Gasteiger partial charge in [-0.3, -0.25) is 0 Å². The molecule has 0 fully saturated rings. The third-order valence-corrected chi connectivity index (χ3v) is 7.24. The molecule has 2 aromatic heterocycles. The summed E-state index contributed by atoms with van der Waals surface area (Å²) in [6.45, 7) is 3.50. The minimum atomic E-state index is -4.04. The second kappa shape index (κ2) is 10.2. The fourth-order valence-corrected chi connectivity index (χ4v) is 5.39. The van der Waals surface area contributed by atoms with E-state index in [1.807, 2.05) is 19.9 Å². The zero-order chi connectivity index (χ0) is 24.2. The Hall–Kier alpha value is -3.09. The molecule has 0 aliphatic carbocycles. The number of hydrogen-bond acceptors (Lipinski definition) is 10. The summed E-state index contributed by atoms with van der Waals surface area (Å²) in [5.74, 6) is -0.709. The number of nitrogens with one attached hydrogen (secondary N) is 2. The van der Waals surface area contributed by atoms with Crippen molar-refractivity contribution in [3.8, 4) is 0 Å². The second-order valence-electron chi connectivity index (χ2n) is 7.32. The molecule has 0 saturated carbocycles. The molecule has 0 spiro atoms. The van der Waals surface area contributed by atoms with Crippen LogP contribution in [0.1, 0.15) is 29.3 Å². The summed E-state index contributed by atoms with van der Waals surface area (Å²) in [5, 5.41) is 5.27. The first-order valence-electron chi connectivity index (χ1n) is 9.93. The zero-order valence-electron chi connectivity index (χ0n) is 18.5. The normalized spacial score (nSPS) is 12.5. The van der Waals surface area contributed by atoms with Crippen LogP contribution in [0.2, 0.25) is 0 Å². The van der Waals surface area contributed by atoms with Crippen LogP contribution in [-0.4, -0.2) is 50.6 Å². The monoisotopic (exact) mass is 492 g/mol. The lowest BCUT2D eigenvalue weighted by Gasteiger charge is -2.21. The Morgan fingerprint density at radius 1 is 1.09 bits per heavy atom. The molecule has 0 saturated heterocycles. The first-order valence-corrected chi connectivity index (χ1v) is 12.3. The highest BCUT2D eigenvalue weighted by atomic mass is 32.2. The van der Waals surface area contributed by atoms with E-state index in [1.54, 1.807) is 18.2 Å². The average molecular weight is 493 g/mol. The van der Waals surface area contributed by atoms with Crippen LogP contribution in [0.4, 0.5) is 5.82 Å². The van der Waals surface area contributed by atoms with Gasteiger partial charge in [-0.15, -0.1) is 11.3 Å². The number of para-hydroxylation sites is 1. The number of methoxy groups -OCH3 is 2.